The van der Waals surface area contributed by atoms with Crippen molar-refractivity contribution in [3.63, 3.8) is 0 Å². The Morgan fingerprint density at radius 2 is 2.17 bits per heavy atom. The van der Waals surface area contributed by atoms with E-state index in [-0.39, 0.29) is 17.6 Å². The van der Waals surface area contributed by atoms with Crippen LogP contribution in [0.15, 0.2) is 24.3 Å². The zero-order valence-corrected chi connectivity index (χ0v) is 13.7. The highest BCUT2D eigenvalue weighted by Crippen LogP contribution is 2.32. The van der Waals surface area contributed by atoms with Crippen LogP contribution in [0.2, 0.25) is 0 Å². The normalized spacial score (nSPS) is 28.0. The summed E-state index contributed by atoms with van der Waals surface area (Å²) in [4.78, 5) is 14.4. The Labute approximate surface area is 136 Å². The zero-order chi connectivity index (χ0) is 16.3. The molecule has 6 nitrogen and oxygen atoms in total. The summed E-state index contributed by atoms with van der Waals surface area (Å²) in [5, 5.41) is 2.92. The van der Waals surface area contributed by atoms with Crippen molar-refractivity contribution in [2.75, 3.05) is 45.3 Å². The molecule has 2 aliphatic heterocycles. The summed E-state index contributed by atoms with van der Waals surface area (Å²) in [5.74, 6) is 0.757. The molecule has 2 fully saturated rings. The van der Waals surface area contributed by atoms with E-state index in [0.29, 0.717) is 13.2 Å². The molecule has 0 radical (unpaired) electrons. The number of nitrogens with one attached hydrogen (secondary N) is 1. The Hall–Kier alpha value is -1.63. The minimum atomic E-state index is -0.251. The van der Waals surface area contributed by atoms with Gasteiger partial charge in [-0.1, -0.05) is 0 Å². The van der Waals surface area contributed by atoms with E-state index in [0.717, 1.165) is 37.6 Å². The topological polar surface area (TPSA) is 60.0 Å². The van der Waals surface area contributed by atoms with E-state index in [2.05, 4.69) is 10.2 Å². The minimum Gasteiger partial charge on any atom is -0.497 e. The summed E-state index contributed by atoms with van der Waals surface area (Å²) in [6, 6.07) is 7.34. The van der Waals surface area contributed by atoms with Gasteiger partial charge in [-0.2, -0.15) is 0 Å². The fourth-order valence-corrected chi connectivity index (χ4v) is 3.25. The maximum absolute atomic E-state index is 12.3. The summed E-state index contributed by atoms with van der Waals surface area (Å²) >= 11 is 0. The number of hydrogen-bond donors (Lipinski definition) is 1. The molecule has 23 heavy (non-hydrogen) atoms. The van der Waals surface area contributed by atoms with E-state index in [1.54, 1.807) is 7.11 Å². The molecule has 0 saturated carbocycles. The van der Waals surface area contributed by atoms with Gasteiger partial charge in [-0.3, -0.25) is 9.69 Å². The molecular formula is C17H24N2O4. The van der Waals surface area contributed by atoms with Crippen molar-refractivity contribution in [2.45, 2.75) is 25.0 Å². The Morgan fingerprint density at radius 3 is 2.83 bits per heavy atom. The lowest BCUT2D eigenvalue weighted by atomic mass is 9.94. The lowest BCUT2D eigenvalue weighted by molar-refractivity contribution is -0.140. The van der Waals surface area contributed by atoms with Crippen molar-refractivity contribution in [2.24, 2.45) is 0 Å². The molecule has 2 atom stereocenters. The number of methoxy groups -OCH3 is 1. The Morgan fingerprint density at radius 1 is 1.39 bits per heavy atom. The molecule has 0 unspecified atom stereocenters. The molecular weight excluding hydrogens is 296 g/mol. The van der Waals surface area contributed by atoms with Crippen LogP contribution in [-0.2, 0) is 14.3 Å². The van der Waals surface area contributed by atoms with Crippen molar-refractivity contribution in [3.8, 4) is 5.75 Å². The fraction of sp³-hybridized carbons (Fsp3) is 0.588. The largest absolute Gasteiger partial charge is 0.497 e. The van der Waals surface area contributed by atoms with Gasteiger partial charge in [-0.25, -0.2) is 0 Å². The number of benzene rings is 1. The highest BCUT2D eigenvalue weighted by Gasteiger charge is 2.46. The predicted molar refractivity (Wildman–Crippen MR) is 86.8 cm³/mol. The van der Waals surface area contributed by atoms with Gasteiger partial charge < -0.3 is 19.5 Å². The van der Waals surface area contributed by atoms with E-state index in [1.165, 1.54) is 0 Å². The molecule has 0 bridgehead atoms. The zero-order valence-electron chi connectivity index (χ0n) is 13.7. The molecule has 3 rings (SSSR count). The van der Waals surface area contributed by atoms with Gasteiger partial charge in [-0.05, 0) is 31.2 Å². The van der Waals surface area contributed by atoms with Crippen LogP contribution < -0.4 is 10.1 Å². The number of carbonyl (C=O) groups excluding carboxylic acids is 1. The summed E-state index contributed by atoms with van der Waals surface area (Å²) < 4.78 is 16.7. The van der Waals surface area contributed by atoms with Crippen molar-refractivity contribution in [3.05, 3.63) is 24.3 Å². The van der Waals surface area contributed by atoms with Gasteiger partial charge in [0.15, 0.2) is 0 Å². The molecule has 2 aliphatic rings. The molecule has 0 aromatic heterocycles. The third-order valence-corrected chi connectivity index (χ3v) is 4.66. The van der Waals surface area contributed by atoms with Crippen LogP contribution in [-0.4, -0.2) is 62.5 Å². The monoisotopic (exact) mass is 320 g/mol. The van der Waals surface area contributed by atoms with Gasteiger partial charge in [0.2, 0.25) is 5.91 Å². The first-order chi connectivity index (χ1) is 11.1. The molecule has 2 saturated heterocycles. The number of rotatable bonds is 4. The van der Waals surface area contributed by atoms with Gasteiger partial charge in [0.1, 0.15) is 11.4 Å². The third-order valence-electron chi connectivity index (χ3n) is 4.66. The van der Waals surface area contributed by atoms with E-state index in [9.17, 15) is 4.79 Å². The van der Waals surface area contributed by atoms with Crippen LogP contribution in [0.25, 0.3) is 0 Å². The maximum Gasteiger partial charge on any atom is 0.238 e. The van der Waals surface area contributed by atoms with Crippen LogP contribution in [0.5, 0.6) is 5.75 Å². The van der Waals surface area contributed by atoms with Crippen LogP contribution in [0.1, 0.15) is 13.3 Å². The van der Waals surface area contributed by atoms with E-state index in [1.807, 2.05) is 31.2 Å². The van der Waals surface area contributed by atoms with Crippen LogP contribution >= 0.6 is 0 Å². The molecule has 2 heterocycles. The van der Waals surface area contributed by atoms with Crippen molar-refractivity contribution >= 4 is 11.6 Å². The number of nitrogens with zero attached hydrogens (tertiary/aromatic N) is 1. The van der Waals surface area contributed by atoms with Crippen LogP contribution in [0.3, 0.4) is 0 Å². The van der Waals surface area contributed by atoms with Gasteiger partial charge >= 0.3 is 0 Å². The SMILES string of the molecule is COc1ccc(NC(=O)CN2CCO[C@@]3(CCO[C@H]3C)C2)cc1. The Balaban J connectivity index is 1.54. The van der Waals surface area contributed by atoms with E-state index < -0.39 is 0 Å². The van der Waals surface area contributed by atoms with E-state index in [4.69, 9.17) is 14.2 Å². The number of amides is 1. The Kier molecular flexibility index (Phi) is 4.84. The standard InChI is InChI=1S/C17H24N2O4/c1-13-17(7-9-22-13)12-19(8-10-23-17)11-16(20)18-14-3-5-15(21-2)6-4-14/h3-6,13H,7-12H2,1-2H3,(H,18,20)/t13-,17-/m0/s1. The molecule has 1 N–H and O–H groups in total. The van der Waals surface area contributed by atoms with Crippen LogP contribution in [0, 0.1) is 0 Å². The summed E-state index contributed by atoms with van der Waals surface area (Å²) in [6.07, 6.45) is 0.972. The number of carbonyl (C=O) groups is 1. The first kappa shape index (κ1) is 16.2. The smallest absolute Gasteiger partial charge is 0.238 e. The summed E-state index contributed by atoms with van der Waals surface area (Å²) in [6.45, 7) is 5.29. The molecule has 1 spiro atoms. The van der Waals surface area contributed by atoms with E-state index >= 15 is 0 Å². The molecule has 1 amide bonds. The molecule has 126 valence electrons. The lowest BCUT2D eigenvalue weighted by Crippen LogP contribution is -2.56. The molecule has 0 aliphatic carbocycles. The third kappa shape index (κ3) is 3.65. The number of anilines is 1. The van der Waals surface area contributed by atoms with Crippen molar-refractivity contribution in [1.29, 1.82) is 0 Å². The van der Waals surface area contributed by atoms with Crippen molar-refractivity contribution < 1.29 is 19.0 Å². The lowest BCUT2D eigenvalue weighted by Gasteiger charge is -2.41. The van der Waals surface area contributed by atoms with Gasteiger partial charge in [-0.15, -0.1) is 0 Å². The first-order valence-corrected chi connectivity index (χ1v) is 8.03. The number of morpholine rings is 1. The molecule has 6 heteroatoms. The van der Waals surface area contributed by atoms with Gasteiger partial charge in [0.05, 0.1) is 26.4 Å². The second kappa shape index (κ2) is 6.86. The van der Waals surface area contributed by atoms with Gasteiger partial charge in [0.25, 0.3) is 0 Å². The average Bonchev–Trinajstić information content (AvgIpc) is 2.88. The molecule has 1 aromatic rings. The minimum absolute atomic E-state index is 0.0150. The summed E-state index contributed by atoms with van der Waals surface area (Å²) in [5.41, 5.74) is 0.523. The predicted octanol–water partition coefficient (Wildman–Crippen LogP) is 1.51. The number of hydrogen-bond acceptors (Lipinski definition) is 5. The first-order valence-electron chi connectivity index (χ1n) is 8.03. The van der Waals surface area contributed by atoms with Gasteiger partial charge in [0, 0.05) is 31.8 Å². The maximum atomic E-state index is 12.3. The Bertz CT molecular complexity index is 548. The summed E-state index contributed by atoms with van der Waals surface area (Å²) in [7, 11) is 1.62. The highest BCUT2D eigenvalue weighted by atomic mass is 16.6. The van der Waals surface area contributed by atoms with Crippen molar-refractivity contribution in [1.82, 2.24) is 4.90 Å². The second-order valence-electron chi connectivity index (χ2n) is 6.16. The second-order valence-corrected chi connectivity index (χ2v) is 6.16. The molecule has 1 aromatic carbocycles. The fourth-order valence-electron chi connectivity index (χ4n) is 3.25. The quantitative estimate of drug-likeness (QED) is 0.911. The number of ether oxygens (including phenoxy) is 3. The highest BCUT2D eigenvalue weighted by molar-refractivity contribution is 5.92. The average molecular weight is 320 g/mol. The van der Waals surface area contributed by atoms with Crippen LogP contribution in [0.4, 0.5) is 5.69 Å².